The van der Waals surface area contributed by atoms with Gasteiger partial charge in [-0.3, -0.25) is 0 Å². The molecule has 0 saturated carbocycles. The first-order valence-corrected chi connectivity index (χ1v) is 8.43. The Morgan fingerprint density at radius 2 is 1.09 bits per heavy atom. The third-order valence-electron chi connectivity index (χ3n) is 3.46. The van der Waals surface area contributed by atoms with E-state index >= 15 is 0 Å². The molecule has 0 unspecified atom stereocenters. The van der Waals surface area contributed by atoms with E-state index in [1.807, 2.05) is 60.7 Å². The molecule has 2 nitrogen and oxygen atoms in total. The fraction of sp³-hybridized carbons (Fsp3) is 0. The summed E-state index contributed by atoms with van der Waals surface area (Å²) in [5, 5.41) is 12.1. The summed E-state index contributed by atoms with van der Waals surface area (Å²) in [6.45, 7) is 0. The van der Waals surface area contributed by atoms with Crippen molar-refractivity contribution >= 4 is 23.1 Å². The molecule has 3 rings (SSSR count). The van der Waals surface area contributed by atoms with Crippen LogP contribution in [0, 0.1) is 0 Å². The van der Waals surface area contributed by atoms with Crippen LogP contribution in [0.4, 0.5) is 0 Å². The van der Waals surface area contributed by atoms with Gasteiger partial charge in [0.15, 0.2) is 7.14 Å². The smallest absolute Gasteiger partial charge is 1.00 e. The summed E-state index contributed by atoms with van der Waals surface area (Å²) in [7, 11) is -3.06. The minimum absolute atomic E-state index is 0. The molecule has 0 bridgehead atoms. The molecule has 3 aromatic rings. The second-order valence-corrected chi connectivity index (χ2v) is 7.50. The molecule has 0 radical (unpaired) electrons. The average molecular weight is 302 g/mol. The maximum atomic E-state index is 13.9. The van der Waals surface area contributed by atoms with Crippen molar-refractivity contribution in [2.24, 2.45) is 0 Å². The zero-order valence-corrected chi connectivity index (χ0v) is 13.3. The summed E-state index contributed by atoms with van der Waals surface area (Å²) >= 11 is 0. The number of phenols is 1. The molecule has 0 atom stereocenters. The van der Waals surface area contributed by atoms with Crippen LogP contribution in [0.3, 0.4) is 0 Å². The van der Waals surface area contributed by atoms with Gasteiger partial charge >= 0.3 is 18.9 Å². The van der Waals surface area contributed by atoms with Crippen LogP contribution in [-0.4, -0.2) is 5.11 Å². The fourth-order valence-electron chi connectivity index (χ4n) is 2.43. The Morgan fingerprint density at radius 3 is 1.55 bits per heavy atom. The van der Waals surface area contributed by atoms with Crippen molar-refractivity contribution in [3.63, 3.8) is 0 Å². The molecule has 0 heterocycles. The second kappa shape index (κ2) is 7.03. The summed E-state index contributed by atoms with van der Waals surface area (Å²) in [5.41, 5.74) is 0. The van der Waals surface area contributed by atoms with Gasteiger partial charge in [-0.1, -0.05) is 72.8 Å². The van der Waals surface area contributed by atoms with Crippen molar-refractivity contribution in [2.75, 3.05) is 0 Å². The van der Waals surface area contributed by atoms with Crippen molar-refractivity contribution in [3.8, 4) is 5.75 Å². The van der Waals surface area contributed by atoms with Gasteiger partial charge in [0.25, 0.3) is 0 Å². The zero-order valence-electron chi connectivity index (χ0n) is 13.4. The Morgan fingerprint density at radius 1 is 0.682 bits per heavy atom. The van der Waals surface area contributed by atoms with Crippen molar-refractivity contribution < 1.29 is 30.0 Å². The number of hydrogen-bond acceptors (Lipinski definition) is 2. The average Bonchev–Trinajstić information content (AvgIpc) is 2.56. The van der Waals surface area contributed by atoms with E-state index in [9.17, 15) is 9.67 Å². The van der Waals surface area contributed by atoms with Gasteiger partial charge in [0, 0.05) is 10.6 Å². The van der Waals surface area contributed by atoms with Crippen LogP contribution in [-0.2, 0) is 4.57 Å². The number of benzene rings is 3. The molecule has 0 aliphatic heterocycles. The topological polar surface area (TPSA) is 37.3 Å². The van der Waals surface area contributed by atoms with Crippen LogP contribution in [0.1, 0.15) is 1.43 Å². The number of para-hydroxylation sites is 1. The molecule has 0 aliphatic carbocycles. The van der Waals surface area contributed by atoms with Crippen LogP contribution in [0.25, 0.3) is 0 Å². The summed E-state index contributed by atoms with van der Waals surface area (Å²) in [4.78, 5) is 0. The molecule has 1 N–H and O–H groups in total. The molecule has 3 aromatic carbocycles. The van der Waals surface area contributed by atoms with Crippen LogP contribution in [0.15, 0.2) is 84.9 Å². The molecule has 106 valence electrons. The van der Waals surface area contributed by atoms with E-state index in [0.717, 1.165) is 10.6 Å². The summed E-state index contributed by atoms with van der Waals surface area (Å²) in [6, 6.07) is 25.5. The minimum atomic E-state index is -3.06. The quantitative estimate of drug-likeness (QED) is 0.552. The molecule has 22 heavy (non-hydrogen) atoms. The normalized spacial score (nSPS) is 10.7. The van der Waals surface area contributed by atoms with Gasteiger partial charge in [-0.15, -0.1) is 0 Å². The van der Waals surface area contributed by atoms with E-state index in [0.29, 0.717) is 5.30 Å². The molecular weight excluding hydrogens is 286 g/mol. The fourth-order valence-corrected chi connectivity index (χ4v) is 5.17. The maximum absolute atomic E-state index is 13.9. The maximum Gasteiger partial charge on any atom is 1.00 e. The summed E-state index contributed by atoms with van der Waals surface area (Å²) in [5.74, 6) is 0.0635. The van der Waals surface area contributed by atoms with Crippen molar-refractivity contribution in [1.29, 1.82) is 0 Å². The Kier molecular flexibility index (Phi) is 5.32. The molecule has 0 aromatic heterocycles. The van der Waals surface area contributed by atoms with Crippen LogP contribution < -0.4 is 34.8 Å². The predicted molar refractivity (Wildman–Crippen MR) is 88.6 cm³/mol. The van der Waals surface area contributed by atoms with E-state index in [-0.39, 0.29) is 26.0 Å². The first kappa shape index (κ1) is 16.7. The van der Waals surface area contributed by atoms with E-state index < -0.39 is 7.14 Å². The Balaban J connectivity index is 0.00000132. The van der Waals surface area contributed by atoms with E-state index in [2.05, 4.69) is 0 Å². The van der Waals surface area contributed by atoms with Gasteiger partial charge in [-0.05, 0) is 12.1 Å². The Bertz CT molecular complexity index is 751. The molecule has 0 aliphatic rings. The minimum Gasteiger partial charge on any atom is -1.00 e. The van der Waals surface area contributed by atoms with Gasteiger partial charge in [0.2, 0.25) is 0 Å². The first-order chi connectivity index (χ1) is 10.2. The number of aromatic hydroxyl groups is 1. The number of phenolic OH excluding ortho intramolecular Hbond substituents is 1. The van der Waals surface area contributed by atoms with Gasteiger partial charge in [0.1, 0.15) is 5.75 Å². The predicted octanol–water partition coefficient (Wildman–Crippen LogP) is 0.148. The zero-order chi connectivity index (χ0) is 14.7. The second-order valence-electron chi connectivity index (χ2n) is 4.77. The SMILES string of the molecule is O=P(c1ccccc1)(c1ccccc1)c1ccccc1O.[H-].[Li+]. The van der Waals surface area contributed by atoms with Gasteiger partial charge in [0.05, 0.1) is 5.30 Å². The van der Waals surface area contributed by atoms with E-state index in [1.165, 1.54) is 0 Å². The van der Waals surface area contributed by atoms with Crippen molar-refractivity contribution in [2.45, 2.75) is 0 Å². The van der Waals surface area contributed by atoms with Crippen molar-refractivity contribution in [3.05, 3.63) is 84.9 Å². The standard InChI is InChI=1S/C18H15O2P.Li.H/c19-17-13-7-8-14-18(17)21(20,15-9-3-1-4-10-15)16-11-5-2-6-12-16;;/h1-14,19H;;/q;+1;-1. The van der Waals surface area contributed by atoms with Gasteiger partial charge < -0.3 is 11.1 Å². The Hall–Kier alpha value is -1.71. The van der Waals surface area contributed by atoms with Crippen LogP contribution in [0.2, 0.25) is 0 Å². The molecule has 0 fully saturated rings. The van der Waals surface area contributed by atoms with Crippen LogP contribution in [0.5, 0.6) is 5.75 Å². The van der Waals surface area contributed by atoms with Gasteiger partial charge in [-0.25, -0.2) is 0 Å². The summed E-state index contributed by atoms with van der Waals surface area (Å²) < 4.78 is 13.9. The largest absolute Gasteiger partial charge is 1.00 e. The molecule has 4 heteroatoms. The molecule has 0 spiro atoms. The number of rotatable bonds is 3. The molecule has 0 amide bonds. The molecule has 0 saturated heterocycles. The van der Waals surface area contributed by atoms with Crippen molar-refractivity contribution in [1.82, 2.24) is 0 Å². The van der Waals surface area contributed by atoms with Crippen LogP contribution >= 0.6 is 7.14 Å². The van der Waals surface area contributed by atoms with E-state index in [1.54, 1.807) is 24.3 Å². The van der Waals surface area contributed by atoms with E-state index in [4.69, 9.17) is 0 Å². The Labute approximate surface area is 143 Å². The first-order valence-electron chi connectivity index (χ1n) is 6.73. The summed E-state index contributed by atoms with van der Waals surface area (Å²) in [6.07, 6.45) is 0. The molecular formula is C18H16LiO2P. The monoisotopic (exact) mass is 302 g/mol. The third kappa shape index (κ3) is 2.92. The number of hydrogen-bond donors (Lipinski definition) is 1. The third-order valence-corrected chi connectivity index (χ3v) is 6.57. The van der Waals surface area contributed by atoms with Gasteiger partial charge in [-0.2, -0.15) is 0 Å².